The number of nitrogen functional groups attached to an aromatic ring is 1. The Bertz CT molecular complexity index is 517. The predicted molar refractivity (Wildman–Crippen MR) is 90.2 cm³/mol. The van der Waals surface area contributed by atoms with Gasteiger partial charge in [-0.05, 0) is 31.5 Å². The summed E-state index contributed by atoms with van der Waals surface area (Å²) in [5, 5.41) is 0. The van der Waals surface area contributed by atoms with E-state index in [1.54, 1.807) is 6.07 Å². The van der Waals surface area contributed by atoms with E-state index in [4.69, 9.17) is 10.5 Å². The number of hydrogen-bond acceptors (Lipinski definition) is 5. The van der Waals surface area contributed by atoms with E-state index >= 15 is 0 Å². The van der Waals surface area contributed by atoms with Gasteiger partial charge in [0, 0.05) is 29.3 Å². The third kappa shape index (κ3) is 4.06. The van der Waals surface area contributed by atoms with Crippen molar-refractivity contribution in [1.82, 2.24) is 0 Å². The van der Waals surface area contributed by atoms with Crippen LogP contribution in [0.2, 0.25) is 0 Å². The molecule has 0 aliphatic carbocycles. The Labute approximate surface area is 131 Å². The van der Waals surface area contributed by atoms with E-state index in [1.165, 1.54) is 0 Å². The van der Waals surface area contributed by atoms with Crippen molar-refractivity contribution in [3.63, 3.8) is 0 Å². The Morgan fingerprint density at radius 2 is 2.19 bits per heavy atom. The standard InChI is InChI=1S/C16H24N2O2S/c1-4-20-15(19)13-11-12(17)5-6-14(13)18-8-7-16(2,3)21-10-9-18/h5-6,11H,4,7-10,17H2,1-3H3. The van der Waals surface area contributed by atoms with E-state index < -0.39 is 0 Å². The second-order valence-electron chi connectivity index (χ2n) is 5.84. The molecule has 0 spiro atoms. The van der Waals surface area contributed by atoms with E-state index in [2.05, 4.69) is 18.7 Å². The quantitative estimate of drug-likeness (QED) is 0.686. The summed E-state index contributed by atoms with van der Waals surface area (Å²) in [6.07, 6.45) is 1.09. The summed E-state index contributed by atoms with van der Waals surface area (Å²) in [6.45, 7) is 8.61. The summed E-state index contributed by atoms with van der Waals surface area (Å²) in [4.78, 5) is 14.4. The third-order valence-corrected chi connectivity index (χ3v) is 5.07. The van der Waals surface area contributed by atoms with Crippen LogP contribution in [-0.4, -0.2) is 36.2 Å². The molecule has 1 heterocycles. The van der Waals surface area contributed by atoms with Gasteiger partial charge in [-0.1, -0.05) is 13.8 Å². The van der Waals surface area contributed by atoms with Gasteiger partial charge in [0.05, 0.1) is 17.9 Å². The Balaban J connectivity index is 2.28. The maximum atomic E-state index is 12.2. The zero-order chi connectivity index (χ0) is 15.5. The highest BCUT2D eigenvalue weighted by molar-refractivity contribution is 8.00. The first-order chi connectivity index (χ1) is 9.93. The van der Waals surface area contributed by atoms with Crippen LogP contribution in [-0.2, 0) is 4.74 Å². The van der Waals surface area contributed by atoms with Gasteiger partial charge in [-0.3, -0.25) is 0 Å². The summed E-state index contributed by atoms with van der Waals surface area (Å²) in [5.74, 6) is 0.760. The first-order valence-corrected chi connectivity index (χ1v) is 8.37. The molecule has 0 unspecified atom stereocenters. The smallest absolute Gasteiger partial charge is 0.340 e. The summed E-state index contributed by atoms with van der Waals surface area (Å²) in [5.41, 5.74) is 7.93. The zero-order valence-corrected chi connectivity index (χ0v) is 13.8. The molecule has 2 rings (SSSR count). The van der Waals surface area contributed by atoms with Gasteiger partial charge in [0.2, 0.25) is 0 Å². The molecule has 1 aliphatic heterocycles. The molecule has 116 valence electrons. The van der Waals surface area contributed by atoms with Crippen LogP contribution >= 0.6 is 11.8 Å². The largest absolute Gasteiger partial charge is 0.462 e. The Morgan fingerprint density at radius 1 is 1.43 bits per heavy atom. The molecule has 0 amide bonds. The fourth-order valence-corrected chi connectivity index (χ4v) is 3.56. The van der Waals surface area contributed by atoms with E-state index in [0.717, 1.165) is 31.0 Å². The minimum Gasteiger partial charge on any atom is -0.462 e. The van der Waals surface area contributed by atoms with Crippen LogP contribution < -0.4 is 10.6 Å². The summed E-state index contributed by atoms with van der Waals surface area (Å²) >= 11 is 1.98. The highest BCUT2D eigenvalue weighted by atomic mass is 32.2. The molecule has 21 heavy (non-hydrogen) atoms. The molecule has 2 N–H and O–H groups in total. The lowest BCUT2D eigenvalue weighted by Gasteiger charge is -2.26. The van der Waals surface area contributed by atoms with Gasteiger partial charge < -0.3 is 15.4 Å². The van der Waals surface area contributed by atoms with E-state index in [-0.39, 0.29) is 10.7 Å². The average molecular weight is 308 g/mol. The average Bonchev–Trinajstić information content (AvgIpc) is 2.60. The van der Waals surface area contributed by atoms with Crippen molar-refractivity contribution in [3.8, 4) is 0 Å². The van der Waals surface area contributed by atoms with Crippen LogP contribution in [0.3, 0.4) is 0 Å². The van der Waals surface area contributed by atoms with E-state index in [1.807, 2.05) is 30.8 Å². The van der Waals surface area contributed by atoms with Gasteiger partial charge in [-0.25, -0.2) is 4.79 Å². The molecule has 1 fully saturated rings. The summed E-state index contributed by atoms with van der Waals surface area (Å²) in [6, 6.07) is 5.50. The van der Waals surface area contributed by atoms with Crippen LogP contribution in [0.5, 0.6) is 0 Å². The molecular weight excluding hydrogens is 284 g/mol. The van der Waals surface area contributed by atoms with Crippen molar-refractivity contribution in [1.29, 1.82) is 0 Å². The van der Waals surface area contributed by atoms with Crippen LogP contribution in [0.4, 0.5) is 11.4 Å². The van der Waals surface area contributed by atoms with Crippen molar-refractivity contribution < 1.29 is 9.53 Å². The van der Waals surface area contributed by atoms with Gasteiger partial charge in [-0.2, -0.15) is 11.8 Å². The van der Waals surface area contributed by atoms with Crippen LogP contribution in [0.15, 0.2) is 18.2 Å². The number of carbonyl (C=O) groups is 1. The molecule has 0 atom stereocenters. The number of thioether (sulfide) groups is 1. The predicted octanol–water partition coefficient (Wildman–Crippen LogP) is 3.17. The first kappa shape index (κ1) is 16.0. The topological polar surface area (TPSA) is 55.6 Å². The molecule has 0 radical (unpaired) electrons. The Hall–Kier alpha value is -1.36. The maximum absolute atomic E-state index is 12.2. The number of benzene rings is 1. The number of nitrogens with zero attached hydrogens (tertiary/aromatic N) is 1. The lowest BCUT2D eigenvalue weighted by molar-refractivity contribution is 0.0527. The normalized spacial score (nSPS) is 18.1. The van der Waals surface area contributed by atoms with Crippen LogP contribution in [0, 0.1) is 0 Å². The fourth-order valence-electron chi connectivity index (χ4n) is 2.46. The molecule has 4 nitrogen and oxygen atoms in total. The van der Waals surface area contributed by atoms with E-state index in [9.17, 15) is 4.79 Å². The van der Waals surface area contributed by atoms with Crippen molar-refractivity contribution >= 4 is 29.1 Å². The Morgan fingerprint density at radius 3 is 2.90 bits per heavy atom. The molecule has 1 aromatic carbocycles. The number of anilines is 2. The van der Waals surface area contributed by atoms with Gasteiger partial charge in [0.15, 0.2) is 0 Å². The maximum Gasteiger partial charge on any atom is 0.340 e. The molecule has 5 heteroatoms. The van der Waals surface area contributed by atoms with Crippen molar-refractivity contribution in [3.05, 3.63) is 23.8 Å². The zero-order valence-electron chi connectivity index (χ0n) is 13.0. The van der Waals surface area contributed by atoms with Crippen molar-refractivity contribution in [2.75, 3.05) is 36.1 Å². The minimum absolute atomic E-state index is 0.284. The number of hydrogen-bond donors (Lipinski definition) is 1. The minimum atomic E-state index is -0.295. The highest BCUT2D eigenvalue weighted by Crippen LogP contribution is 2.33. The van der Waals surface area contributed by atoms with E-state index in [0.29, 0.717) is 17.9 Å². The molecule has 1 saturated heterocycles. The molecule has 0 saturated carbocycles. The highest BCUT2D eigenvalue weighted by Gasteiger charge is 2.26. The molecule has 1 aliphatic rings. The van der Waals surface area contributed by atoms with Gasteiger partial charge in [-0.15, -0.1) is 0 Å². The van der Waals surface area contributed by atoms with Gasteiger partial charge in [0.25, 0.3) is 0 Å². The number of esters is 1. The lowest BCUT2D eigenvalue weighted by Crippen LogP contribution is -2.28. The monoisotopic (exact) mass is 308 g/mol. The molecule has 0 bridgehead atoms. The second kappa shape index (κ2) is 6.60. The number of rotatable bonds is 3. The van der Waals surface area contributed by atoms with Crippen molar-refractivity contribution in [2.45, 2.75) is 31.9 Å². The Kier molecular flexibility index (Phi) is 5.04. The number of ether oxygens (including phenoxy) is 1. The fraction of sp³-hybridized carbons (Fsp3) is 0.562. The summed E-state index contributed by atoms with van der Waals surface area (Å²) < 4.78 is 5.44. The van der Waals surface area contributed by atoms with Gasteiger partial charge in [0.1, 0.15) is 0 Å². The number of carbonyl (C=O) groups excluding carboxylic acids is 1. The van der Waals surface area contributed by atoms with Crippen molar-refractivity contribution in [2.24, 2.45) is 0 Å². The molecular formula is C16H24N2O2S. The van der Waals surface area contributed by atoms with Crippen LogP contribution in [0.1, 0.15) is 37.6 Å². The van der Waals surface area contributed by atoms with Gasteiger partial charge >= 0.3 is 5.97 Å². The molecule has 1 aromatic rings. The number of nitrogens with two attached hydrogens (primary N) is 1. The SMILES string of the molecule is CCOC(=O)c1cc(N)ccc1N1CCSC(C)(C)CC1. The lowest BCUT2D eigenvalue weighted by atomic mass is 10.1. The third-order valence-electron chi connectivity index (χ3n) is 3.69. The first-order valence-electron chi connectivity index (χ1n) is 7.38. The second-order valence-corrected chi connectivity index (χ2v) is 7.64. The summed E-state index contributed by atoms with van der Waals surface area (Å²) in [7, 11) is 0. The molecule has 0 aromatic heterocycles. The van der Waals surface area contributed by atoms with Crippen LogP contribution in [0.25, 0.3) is 0 Å².